The zero-order valence-corrected chi connectivity index (χ0v) is 13.1. The maximum absolute atomic E-state index is 3.59. The molecule has 0 radical (unpaired) electrons. The first-order valence-electron chi connectivity index (χ1n) is 6.86. The van der Waals surface area contributed by atoms with Gasteiger partial charge in [-0.3, -0.25) is 0 Å². The Morgan fingerprint density at radius 2 is 2.22 bits per heavy atom. The highest BCUT2D eigenvalue weighted by Crippen LogP contribution is 2.27. The van der Waals surface area contributed by atoms with E-state index in [1.807, 2.05) is 0 Å². The van der Waals surface area contributed by atoms with Gasteiger partial charge in [0.1, 0.15) is 0 Å². The lowest BCUT2D eigenvalue weighted by molar-refractivity contribution is 0.327. The quantitative estimate of drug-likeness (QED) is 0.918. The number of benzene rings is 1. The van der Waals surface area contributed by atoms with E-state index in [1.54, 1.807) is 0 Å². The summed E-state index contributed by atoms with van der Waals surface area (Å²) in [6.45, 7) is 10.1. The summed E-state index contributed by atoms with van der Waals surface area (Å²) in [5.41, 5.74) is 2.67. The fraction of sp³-hybridized carbons (Fsp3) is 0.600. The fourth-order valence-corrected chi connectivity index (χ4v) is 3.02. The van der Waals surface area contributed by atoms with Gasteiger partial charge in [-0.2, -0.15) is 0 Å². The average Bonchev–Trinajstić information content (AvgIpc) is 2.35. The van der Waals surface area contributed by atoms with Crippen LogP contribution in [0.25, 0.3) is 0 Å². The maximum Gasteiger partial charge on any atom is 0.0369 e. The van der Waals surface area contributed by atoms with Gasteiger partial charge in [-0.25, -0.2) is 0 Å². The first kappa shape index (κ1) is 13.9. The van der Waals surface area contributed by atoms with Gasteiger partial charge in [-0.1, -0.05) is 29.8 Å². The molecule has 2 unspecified atom stereocenters. The molecular weight excluding hydrogens is 288 g/mol. The van der Waals surface area contributed by atoms with Crippen molar-refractivity contribution in [1.29, 1.82) is 0 Å². The second-order valence-corrected chi connectivity index (χ2v) is 6.16. The minimum Gasteiger partial charge on any atom is -0.371 e. The van der Waals surface area contributed by atoms with Crippen molar-refractivity contribution in [2.45, 2.75) is 33.2 Å². The van der Waals surface area contributed by atoms with Gasteiger partial charge in [-0.15, -0.1) is 0 Å². The van der Waals surface area contributed by atoms with E-state index in [4.69, 9.17) is 0 Å². The molecule has 2 rings (SSSR count). The number of nitrogens with zero attached hydrogens (tertiary/aromatic N) is 1. The molecule has 0 aromatic heterocycles. The topological polar surface area (TPSA) is 15.3 Å². The lowest BCUT2D eigenvalue weighted by Crippen LogP contribution is -2.48. The number of hydrogen-bond donors (Lipinski definition) is 1. The molecule has 1 aliphatic heterocycles. The zero-order chi connectivity index (χ0) is 13.1. The number of halogens is 1. The summed E-state index contributed by atoms with van der Waals surface area (Å²) in [6.07, 6.45) is 1.24. The molecule has 100 valence electrons. The molecule has 0 amide bonds. The van der Waals surface area contributed by atoms with Crippen LogP contribution in [0.2, 0.25) is 0 Å². The molecule has 1 heterocycles. The van der Waals surface area contributed by atoms with E-state index in [2.05, 4.69) is 65.1 Å². The minimum absolute atomic E-state index is 0.683. The number of piperidine rings is 1. The average molecular weight is 311 g/mol. The molecular formula is C15H23BrN2. The highest BCUT2D eigenvalue weighted by atomic mass is 79.9. The largest absolute Gasteiger partial charge is 0.371 e. The molecule has 2 atom stereocenters. The Labute approximate surface area is 119 Å². The van der Waals surface area contributed by atoms with Crippen LogP contribution in [-0.4, -0.2) is 25.7 Å². The molecule has 1 N–H and O–H groups in total. The lowest BCUT2D eigenvalue weighted by atomic mass is 9.93. The van der Waals surface area contributed by atoms with Crippen LogP contribution in [0.1, 0.15) is 25.8 Å². The molecule has 1 aromatic carbocycles. The van der Waals surface area contributed by atoms with Crippen LogP contribution in [0.3, 0.4) is 0 Å². The molecule has 3 heteroatoms. The molecule has 1 aromatic rings. The summed E-state index contributed by atoms with van der Waals surface area (Å²) in [5.74, 6) is 0.711. The molecule has 0 saturated carbocycles. The van der Waals surface area contributed by atoms with Gasteiger partial charge in [0.25, 0.3) is 0 Å². The van der Waals surface area contributed by atoms with Crippen molar-refractivity contribution in [1.82, 2.24) is 5.32 Å². The van der Waals surface area contributed by atoms with Crippen LogP contribution < -0.4 is 10.2 Å². The molecule has 0 spiro atoms. The predicted molar refractivity (Wildman–Crippen MR) is 82.3 cm³/mol. The van der Waals surface area contributed by atoms with Crippen LogP contribution in [0.5, 0.6) is 0 Å². The third kappa shape index (κ3) is 3.07. The van der Waals surface area contributed by atoms with Gasteiger partial charge < -0.3 is 10.2 Å². The predicted octanol–water partition coefficient (Wildman–Crippen LogP) is 3.58. The molecule has 18 heavy (non-hydrogen) atoms. The third-order valence-electron chi connectivity index (χ3n) is 3.88. The Morgan fingerprint density at radius 1 is 1.44 bits per heavy atom. The Hall–Kier alpha value is -0.540. The van der Waals surface area contributed by atoms with E-state index >= 15 is 0 Å². The second kappa shape index (κ2) is 6.07. The summed E-state index contributed by atoms with van der Waals surface area (Å²) in [5, 5.41) is 3.59. The number of hydrogen-bond acceptors (Lipinski definition) is 2. The van der Waals surface area contributed by atoms with Gasteiger partial charge in [-0.05, 0) is 49.6 Å². The first-order valence-corrected chi connectivity index (χ1v) is 7.65. The van der Waals surface area contributed by atoms with Crippen molar-refractivity contribution in [2.75, 3.05) is 24.5 Å². The molecule has 1 fully saturated rings. The Bertz CT molecular complexity index is 405. The molecule has 0 aliphatic carbocycles. The van der Waals surface area contributed by atoms with E-state index < -0.39 is 0 Å². The SMILES string of the molecule is CCNC1CCN(c2ccc(Br)c(C)c2)CC1C. The summed E-state index contributed by atoms with van der Waals surface area (Å²) in [6, 6.07) is 7.34. The molecule has 1 aliphatic rings. The second-order valence-electron chi connectivity index (χ2n) is 5.31. The summed E-state index contributed by atoms with van der Waals surface area (Å²) < 4.78 is 1.20. The van der Waals surface area contributed by atoms with E-state index in [-0.39, 0.29) is 0 Å². The van der Waals surface area contributed by atoms with Crippen molar-refractivity contribution < 1.29 is 0 Å². The summed E-state index contributed by atoms with van der Waals surface area (Å²) in [4.78, 5) is 2.51. The van der Waals surface area contributed by atoms with Gasteiger partial charge in [0, 0.05) is 29.3 Å². The van der Waals surface area contributed by atoms with Crippen LogP contribution in [-0.2, 0) is 0 Å². The van der Waals surface area contributed by atoms with Crippen LogP contribution in [0.4, 0.5) is 5.69 Å². The molecule has 2 nitrogen and oxygen atoms in total. The normalized spacial score (nSPS) is 24.3. The standard InChI is InChI=1S/C15H23BrN2/c1-4-17-15-7-8-18(10-12(15)3)13-5-6-14(16)11(2)9-13/h5-6,9,12,15,17H,4,7-8,10H2,1-3H3. The van der Waals surface area contributed by atoms with Crippen molar-refractivity contribution in [3.63, 3.8) is 0 Å². The van der Waals surface area contributed by atoms with Gasteiger partial charge in [0.2, 0.25) is 0 Å². The van der Waals surface area contributed by atoms with Gasteiger partial charge in [0.15, 0.2) is 0 Å². The van der Waals surface area contributed by atoms with Crippen molar-refractivity contribution >= 4 is 21.6 Å². The van der Waals surface area contributed by atoms with Gasteiger partial charge in [0.05, 0.1) is 0 Å². The van der Waals surface area contributed by atoms with Crippen LogP contribution in [0, 0.1) is 12.8 Å². The van der Waals surface area contributed by atoms with E-state index in [0.717, 1.165) is 19.6 Å². The smallest absolute Gasteiger partial charge is 0.0369 e. The highest BCUT2D eigenvalue weighted by Gasteiger charge is 2.25. The molecule has 1 saturated heterocycles. The van der Waals surface area contributed by atoms with E-state index in [9.17, 15) is 0 Å². The van der Waals surface area contributed by atoms with E-state index in [1.165, 1.54) is 22.1 Å². The number of anilines is 1. The van der Waals surface area contributed by atoms with Crippen molar-refractivity contribution in [3.8, 4) is 0 Å². The van der Waals surface area contributed by atoms with E-state index in [0.29, 0.717) is 12.0 Å². The number of rotatable bonds is 3. The Kier molecular flexibility index (Phi) is 4.68. The summed E-state index contributed by atoms with van der Waals surface area (Å²) >= 11 is 3.57. The number of nitrogens with one attached hydrogen (secondary N) is 1. The first-order chi connectivity index (χ1) is 8.61. The lowest BCUT2D eigenvalue weighted by Gasteiger charge is -2.38. The van der Waals surface area contributed by atoms with Crippen molar-refractivity contribution in [3.05, 3.63) is 28.2 Å². The van der Waals surface area contributed by atoms with Crippen LogP contribution in [0.15, 0.2) is 22.7 Å². The molecule has 0 bridgehead atoms. The monoisotopic (exact) mass is 310 g/mol. The highest BCUT2D eigenvalue weighted by molar-refractivity contribution is 9.10. The zero-order valence-electron chi connectivity index (χ0n) is 11.5. The maximum atomic E-state index is 3.59. The third-order valence-corrected chi connectivity index (χ3v) is 4.77. The van der Waals surface area contributed by atoms with Crippen molar-refractivity contribution in [2.24, 2.45) is 5.92 Å². The fourth-order valence-electron chi connectivity index (χ4n) is 2.77. The minimum atomic E-state index is 0.683. The van der Waals surface area contributed by atoms with Crippen LogP contribution >= 0.6 is 15.9 Å². The Balaban J connectivity index is 2.05. The number of aryl methyl sites for hydroxylation is 1. The summed E-state index contributed by atoms with van der Waals surface area (Å²) in [7, 11) is 0. The Morgan fingerprint density at radius 3 is 2.83 bits per heavy atom. The van der Waals surface area contributed by atoms with Gasteiger partial charge >= 0.3 is 0 Å².